The third kappa shape index (κ3) is 31.2. The van der Waals surface area contributed by atoms with E-state index in [1.807, 2.05) is 13.8 Å². The molecule has 3 saturated carbocycles. The molecule has 550 valence electrons. The van der Waals surface area contributed by atoms with Gasteiger partial charge in [0.05, 0.1) is 69.8 Å². The third-order valence-electron chi connectivity index (χ3n) is 17.3. The van der Waals surface area contributed by atoms with Gasteiger partial charge < -0.3 is 96.8 Å². The van der Waals surface area contributed by atoms with Gasteiger partial charge in [0.25, 0.3) is 0 Å². The first kappa shape index (κ1) is 84.3. The Kier molecular flexibility index (Phi) is 36.0. The molecule has 0 bridgehead atoms. The van der Waals surface area contributed by atoms with Gasteiger partial charge in [-0.1, -0.05) is 67.5 Å². The van der Waals surface area contributed by atoms with Gasteiger partial charge in [-0.15, -0.1) is 0 Å². The Morgan fingerprint density at radius 3 is 1.69 bits per heavy atom. The first-order valence-electron chi connectivity index (χ1n) is 33.2. The van der Waals surface area contributed by atoms with Crippen LogP contribution in [-0.2, 0) is 71.9 Å². The molecule has 23 N–H and O–H groups in total. The third-order valence-corrected chi connectivity index (χ3v) is 20.6. The van der Waals surface area contributed by atoms with Crippen molar-refractivity contribution in [2.45, 2.75) is 236 Å². The maximum atomic E-state index is 15.3. The molecule has 13 atom stereocenters. The van der Waals surface area contributed by atoms with Crippen molar-refractivity contribution in [3.63, 3.8) is 0 Å². The number of nitrogens with two attached hydrogens (primary N) is 5. The fraction of sp³-hybridized carbons (Fsp3) is 0.774. The number of hydrogen-bond donors (Lipinski definition) is 18. The van der Waals surface area contributed by atoms with Crippen LogP contribution in [0.15, 0.2) is 0 Å². The van der Waals surface area contributed by atoms with E-state index in [4.69, 9.17) is 33.4 Å². The van der Waals surface area contributed by atoms with Crippen molar-refractivity contribution >= 4 is 104 Å². The number of nitrogens with one attached hydrogen (secondary N) is 11. The number of aliphatic hydroxyl groups excluding tert-OH is 2. The van der Waals surface area contributed by atoms with Crippen molar-refractivity contribution in [1.29, 1.82) is 0 Å². The lowest BCUT2D eigenvalue weighted by Gasteiger charge is -2.41. The second-order valence-electron chi connectivity index (χ2n) is 27.0. The molecule has 3 fully saturated rings. The summed E-state index contributed by atoms with van der Waals surface area (Å²) in [7, 11) is 1.96. The highest BCUT2D eigenvalue weighted by atomic mass is 33.1. The fourth-order valence-electron chi connectivity index (χ4n) is 12.5. The van der Waals surface area contributed by atoms with Crippen LogP contribution in [0.3, 0.4) is 0 Å². The van der Waals surface area contributed by atoms with Crippen LogP contribution in [0.25, 0.3) is 0 Å². The maximum Gasteiger partial charge on any atom is 0.246 e. The lowest BCUT2D eigenvalue weighted by molar-refractivity contribution is -0.137. The van der Waals surface area contributed by atoms with Gasteiger partial charge in [-0.25, -0.2) is 0 Å². The minimum Gasteiger partial charge on any atom is -0.393 e. The van der Waals surface area contributed by atoms with E-state index in [2.05, 4.69) is 58.5 Å². The second kappa shape index (κ2) is 41.5. The van der Waals surface area contributed by atoms with E-state index < -0.39 is 180 Å². The predicted molar refractivity (Wildman–Crippen MR) is 360 cm³/mol. The van der Waals surface area contributed by atoms with Crippen LogP contribution in [0, 0.1) is 29.6 Å². The Morgan fingerprint density at radius 2 is 1.12 bits per heavy atom. The zero-order valence-electron chi connectivity index (χ0n) is 57.1. The summed E-state index contributed by atoms with van der Waals surface area (Å²) in [5.41, 5.74) is 25.2. The van der Waals surface area contributed by atoms with E-state index in [1.54, 1.807) is 13.8 Å². The maximum absolute atomic E-state index is 15.3. The standard InChI is InChI=1S/C62H108N16O17S2/c1-32(2)27-62(8,60(94)71-34(4)55(89)70-30-51(86)73-41(53(66)87)25-46(64)81)78-58(92)44(24-37-13-16-38-11-9-10-12-39(38)22-37)77-56(90)43(23-36-14-17-40(18-15-36)95-20-19-63)76-57(91)45(74-50(85)29-69-49(84)28-68-48(83)21-33(3)79)31-96-97-61(6,7)52(72-35(5)80)59(93)75-42(54(67)88)26-47(65)82/h32-34,36-45,52,56,77,79,90H,9-31,63H2,1-8H3,(H2,64,81)(H2,65,82)(H2,66,87)(H2,67,88)(H,68,83)(H,69,84)(H,70,89)(H,71,94)(H,72,80)(H,73,86)(H,74,85)(H,75,93)(H,76,91)(H,78,92)/t33-,34+,36?,37?,38?,39?,40?,41+,42+,43+,44+,45+,52-,56?,62+/m1/s1. The monoisotopic (exact) mass is 1410 g/mol. The number of amides is 14. The molecular weight excluding hydrogens is 1300 g/mol. The number of fused-ring (bicyclic) bond motifs is 1. The SMILES string of the molecule is CC(=O)N[C@H](C(=O)N[C@@H](CC(N)=O)C(N)=O)C(C)(C)SSC[C@H](NC(=O)CNC(=O)CNC(=O)C[C@@H](C)O)C(=O)N[C@@H](CC1CCC(OCCN)CC1)C(O)N[C@@H](CC1CCC2CCCCC2C1)C(=O)N[C@@](C)(CC(C)C)C(=O)N[C@@H](C)C(=O)NCC(=O)N[C@@H](CC(N)=O)C(N)=O. The first-order chi connectivity index (χ1) is 45.4. The average molecular weight is 1410 g/mol. The van der Waals surface area contributed by atoms with Gasteiger partial charge in [-0.05, 0) is 122 Å². The minimum atomic E-state index is -1.71. The highest BCUT2D eigenvalue weighted by Crippen LogP contribution is 2.44. The van der Waals surface area contributed by atoms with E-state index in [9.17, 15) is 67.7 Å². The number of aliphatic hydroxyl groups is 2. The molecule has 0 aromatic carbocycles. The first-order valence-corrected chi connectivity index (χ1v) is 35.5. The van der Waals surface area contributed by atoms with Gasteiger partial charge in [0.1, 0.15) is 42.0 Å². The Hall–Kier alpha value is -6.92. The quantitative estimate of drug-likeness (QED) is 0.0205. The molecule has 3 aliphatic carbocycles. The summed E-state index contributed by atoms with van der Waals surface area (Å²) >= 11 is 0. The van der Waals surface area contributed by atoms with Gasteiger partial charge in [-0.3, -0.25) is 72.4 Å². The van der Waals surface area contributed by atoms with Crippen LogP contribution in [0.5, 0.6) is 0 Å². The van der Waals surface area contributed by atoms with Crippen LogP contribution in [0.2, 0.25) is 0 Å². The lowest BCUT2D eigenvalue weighted by Crippen LogP contribution is -2.65. The molecule has 97 heavy (non-hydrogen) atoms. The van der Waals surface area contributed by atoms with Crippen LogP contribution in [0.4, 0.5) is 0 Å². The highest BCUT2D eigenvalue weighted by Gasteiger charge is 2.43. The van der Waals surface area contributed by atoms with Crippen molar-refractivity contribution in [2.24, 2.45) is 58.3 Å². The molecule has 0 heterocycles. The van der Waals surface area contributed by atoms with Crippen LogP contribution in [0.1, 0.15) is 165 Å². The van der Waals surface area contributed by atoms with Crippen molar-refractivity contribution in [3.05, 3.63) is 0 Å². The van der Waals surface area contributed by atoms with E-state index in [1.165, 1.54) is 20.8 Å². The van der Waals surface area contributed by atoms with Crippen LogP contribution >= 0.6 is 21.6 Å². The zero-order chi connectivity index (χ0) is 72.9. The van der Waals surface area contributed by atoms with E-state index in [0.29, 0.717) is 50.7 Å². The molecule has 3 aliphatic rings. The van der Waals surface area contributed by atoms with E-state index in [0.717, 1.165) is 73.5 Å². The number of carbonyl (C=O) groups excluding carboxylic acids is 14. The summed E-state index contributed by atoms with van der Waals surface area (Å²) in [5.74, 6) is -11.6. The van der Waals surface area contributed by atoms with E-state index in [-0.39, 0.29) is 55.3 Å². The number of carbonyl (C=O) groups is 14. The highest BCUT2D eigenvalue weighted by molar-refractivity contribution is 8.77. The number of ether oxygens (including phenoxy) is 1. The van der Waals surface area contributed by atoms with Crippen LogP contribution < -0.4 is 87.2 Å². The summed E-state index contributed by atoms with van der Waals surface area (Å²) < 4.78 is 4.66. The van der Waals surface area contributed by atoms with Gasteiger partial charge in [0.15, 0.2) is 0 Å². The molecular formula is C62H108N16O17S2. The number of rotatable bonds is 43. The molecule has 0 aromatic rings. The fourth-order valence-corrected chi connectivity index (χ4v) is 15.3. The zero-order valence-corrected chi connectivity index (χ0v) is 58.8. The Balaban J connectivity index is 2.08. The van der Waals surface area contributed by atoms with Gasteiger partial charge in [0, 0.05) is 24.0 Å². The topological polar surface area (TPSA) is 551 Å². The second-order valence-corrected chi connectivity index (χ2v) is 30.0. The van der Waals surface area contributed by atoms with Crippen molar-refractivity contribution in [2.75, 3.05) is 38.5 Å². The summed E-state index contributed by atoms with van der Waals surface area (Å²) in [5, 5.41) is 50.8. The molecule has 33 nitrogen and oxygen atoms in total. The lowest BCUT2D eigenvalue weighted by atomic mass is 9.66. The van der Waals surface area contributed by atoms with Crippen molar-refractivity contribution in [1.82, 2.24) is 58.5 Å². The smallest absolute Gasteiger partial charge is 0.246 e. The summed E-state index contributed by atoms with van der Waals surface area (Å²) in [6.07, 6.45) is 5.30. The predicted octanol–water partition coefficient (Wildman–Crippen LogP) is -3.95. The Labute approximate surface area is 574 Å². The van der Waals surface area contributed by atoms with Gasteiger partial charge >= 0.3 is 0 Å². The Morgan fingerprint density at radius 1 is 0.567 bits per heavy atom. The van der Waals surface area contributed by atoms with E-state index >= 15 is 9.59 Å². The molecule has 0 radical (unpaired) electrons. The summed E-state index contributed by atoms with van der Waals surface area (Å²) in [6.45, 7) is 10.9. The molecule has 35 heteroatoms. The molecule has 4 unspecified atom stereocenters. The number of hydrogen-bond acceptors (Lipinski definition) is 21. The van der Waals surface area contributed by atoms with Crippen molar-refractivity contribution < 1.29 is 82.1 Å². The molecule has 0 aromatic heterocycles. The van der Waals surface area contributed by atoms with Gasteiger partial charge in [-0.2, -0.15) is 0 Å². The van der Waals surface area contributed by atoms with Crippen LogP contribution in [-0.4, -0.2) is 202 Å². The normalized spacial score (nSPS) is 21.2. The minimum absolute atomic E-state index is 0.0257. The molecule has 14 amide bonds. The molecule has 0 aliphatic heterocycles. The molecule has 0 saturated heterocycles. The number of primary amides is 4. The van der Waals surface area contributed by atoms with Gasteiger partial charge in [0.2, 0.25) is 82.7 Å². The average Bonchev–Trinajstić information content (AvgIpc) is 0.905. The molecule has 0 spiro atoms. The Bertz CT molecular complexity index is 2720. The largest absolute Gasteiger partial charge is 0.393 e. The summed E-state index contributed by atoms with van der Waals surface area (Å²) in [4.78, 5) is 183. The van der Waals surface area contributed by atoms with Crippen molar-refractivity contribution in [3.8, 4) is 0 Å². The summed E-state index contributed by atoms with van der Waals surface area (Å²) in [6, 6.07) is -9.60. The molecule has 3 rings (SSSR count).